The van der Waals surface area contributed by atoms with E-state index in [1.165, 1.54) is 0 Å². The fourth-order valence-corrected chi connectivity index (χ4v) is 3.77. The molecule has 0 aromatic heterocycles. The summed E-state index contributed by atoms with van der Waals surface area (Å²) in [5.74, 6) is 0.477. The molecule has 0 spiro atoms. The zero-order valence-corrected chi connectivity index (χ0v) is 18.0. The van der Waals surface area contributed by atoms with Crippen LogP contribution in [-0.2, 0) is 11.3 Å². The van der Waals surface area contributed by atoms with Gasteiger partial charge >= 0.3 is 5.97 Å². The second-order valence-corrected chi connectivity index (χ2v) is 7.79. The largest absolute Gasteiger partial charge is 0.508 e. The highest BCUT2D eigenvalue weighted by Gasteiger charge is 2.24. The second kappa shape index (κ2) is 11.7. The van der Waals surface area contributed by atoms with Gasteiger partial charge < -0.3 is 25.0 Å². The molecule has 0 amide bonds. The van der Waals surface area contributed by atoms with Crippen molar-refractivity contribution in [3.8, 4) is 11.5 Å². The number of nitrogens with zero attached hydrogens (tertiary/aromatic N) is 1. The van der Waals surface area contributed by atoms with Gasteiger partial charge in [-0.25, -0.2) is 4.79 Å². The van der Waals surface area contributed by atoms with Gasteiger partial charge in [0.05, 0.1) is 12.2 Å². The minimum Gasteiger partial charge on any atom is -0.508 e. The maximum Gasteiger partial charge on any atom is 0.338 e. The fourth-order valence-electron chi connectivity index (χ4n) is 3.77. The van der Waals surface area contributed by atoms with E-state index in [0.29, 0.717) is 37.1 Å². The number of ether oxygens (including phenoxy) is 2. The van der Waals surface area contributed by atoms with E-state index in [9.17, 15) is 15.0 Å². The summed E-state index contributed by atoms with van der Waals surface area (Å²) < 4.78 is 10.7. The van der Waals surface area contributed by atoms with Crippen molar-refractivity contribution in [2.75, 3.05) is 32.8 Å². The first-order valence-electron chi connectivity index (χ1n) is 10.9. The predicted octanol–water partition coefficient (Wildman–Crippen LogP) is 2.56. The number of carbonyl (C=O) groups is 1. The molecule has 3 rings (SSSR count). The van der Waals surface area contributed by atoms with E-state index in [1.807, 2.05) is 12.1 Å². The Hall–Kier alpha value is -2.61. The summed E-state index contributed by atoms with van der Waals surface area (Å²) in [4.78, 5) is 14.2. The number of nitrogens with one attached hydrogen (secondary N) is 1. The van der Waals surface area contributed by atoms with Crippen LogP contribution in [0.15, 0.2) is 48.5 Å². The number of esters is 1. The van der Waals surface area contributed by atoms with Gasteiger partial charge in [0, 0.05) is 19.1 Å². The maximum absolute atomic E-state index is 11.9. The molecular formula is C24H32N2O5. The molecule has 0 radical (unpaired) electrons. The lowest BCUT2D eigenvalue weighted by molar-refractivity contribution is 0.0414. The number of carbonyl (C=O) groups excluding carboxylic acids is 1. The van der Waals surface area contributed by atoms with Crippen LogP contribution >= 0.6 is 0 Å². The van der Waals surface area contributed by atoms with Gasteiger partial charge in [-0.3, -0.25) is 4.90 Å². The van der Waals surface area contributed by atoms with Crippen molar-refractivity contribution in [3.05, 3.63) is 59.7 Å². The molecule has 1 fully saturated rings. The SMILES string of the molecule is CCOC(=O)c1ccc(CN(CC(O)COc2ccc(O)cc2)C2CCNCC2)cc1. The monoisotopic (exact) mass is 428 g/mol. The molecule has 7 heteroatoms. The van der Waals surface area contributed by atoms with Crippen LogP contribution in [0.1, 0.15) is 35.7 Å². The highest BCUT2D eigenvalue weighted by Crippen LogP contribution is 2.19. The topological polar surface area (TPSA) is 91.3 Å². The standard InChI is InChI=1S/C24H32N2O5/c1-2-30-24(29)19-5-3-18(4-6-19)15-26(20-11-13-25-14-12-20)16-22(28)17-31-23-9-7-21(27)8-10-23/h3-10,20,22,25,27-28H,2,11-17H2,1H3. The number of aromatic hydroxyl groups is 1. The Kier molecular flexibility index (Phi) is 8.70. The molecule has 1 unspecified atom stereocenters. The van der Waals surface area contributed by atoms with E-state index in [-0.39, 0.29) is 18.3 Å². The average molecular weight is 429 g/mol. The van der Waals surface area contributed by atoms with Crippen molar-refractivity contribution in [3.63, 3.8) is 0 Å². The van der Waals surface area contributed by atoms with Gasteiger partial charge in [-0.1, -0.05) is 12.1 Å². The van der Waals surface area contributed by atoms with E-state index < -0.39 is 6.10 Å². The number of rotatable bonds is 10. The summed E-state index contributed by atoms with van der Waals surface area (Å²) in [6.45, 7) is 5.42. The third-order valence-corrected chi connectivity index (χ3v) is 5.40. The summed E-state index contributed by atoms with van der Waals surface area (Å²) in [6, 6.07) is 14.3. The van der Waals surface area contributed by atoms with Crippen LogP contribution in [0.2, 0.25) is 0 Å². The third kappa shape index (κ3) is 7.24. The molecule has 0 saturated carbocycles. The van der Waals surface area contributed by atoms with Crippen LogP contribution < -0.4 is 10.1 Å². The number of piperidine rings is 1. The number of hydrogen-bond acceptors (Lipinski definition) is 7. The number of aliphatic hydroxyl groups is 1. The summed E-state index contributed by atoms with van der Waals surface area (Å²) >= 11 is 0. The Labute approximate surface area is 183 Å². The van der Waals surface area contributed by atoms with Crippen molar-refractivity contribution in [2.45, 2.75) is 38.5 Å². The summed E-state index contributed by atoms with van der Waals surface area (Å²) in [6.07, 6.45) is 1.39. The first kappa shape index (κ1) is 23.1. The zero-order valence-electron chi connectivity index (χ0n) is 18.0. The molecule has 1 heterocycles. The lowest BCUT2D eigenvalue weighted by atomic mass is 10.0. The van der Waals surface area contributed by atoms with Gasteiger partial charge in [0.15, 0.2) is 0 Å². The van der Waals surface area contributed by atoms with Crippen LogP contribution in [0.5, 0.6) is 11.5 Å². The summed E-state index contributed by atoms with van der Waals surface area (Å²) in [5, 5.41) is 23.4. The van der Waals surface area contributed by atoms with Crippen molar-refractivity contribution >= 4 is 5.97 Å². The smallest absolute Gasteiger partial charge is 0.338 e. The number of phenols is 1. The first-order valence-corrected chi connectivity index (χ1v) is 10.9. The number of benzene rings is 2. The number of phenolic OH excluding ortho intramolecular Hbond substituents is 1. The molecule has 0 bridgehead atoms. The molecule has 31 heavy (non-hydrogen) atoms. The number of aliphatic hydroxyl groups excluding tert-OH is 1. The number of hydrogen-bond donors (Lipinski definition) is 3. The molecule has 2 aromatic rings. The normalized spacial score (nSPS) is 15.6. The van der Waals surface area contributed by atoms with E-state index in [4.69, 9.17) is 9.47 Å². The van der Waals surface area contributed by atoms with Crippen molar-refractivity contribution in [1.82, 2.24) is 10.2 Å². The molecular weight excluding hydrogens is 396 g/mol. The van der Waals surface area contributed by atoms with Crippen molar-refractivity contribution in [1.29, 1.82) is 0 Å². The molecule has 7 nitrogen and oxygen atoms in total. The van der Waals surface area contributed by atoms with Gasteiger partial charge in [0.1, 0.15) is 24.2 Å². The first-order chi connectivity index (χ1) is 15.0. The Morgan fingerprint density at radius 1 is 1.13 bits per heavy atom. The van der Waals surface area contributed by atoms with Crippen LogP contribution in [0.3, 0.4) is 0 Å². The molecule has 0 aliphatic carbocycles. The molecule has 168 valence electrons. The Balaban J connectivity index is 1.60. The Morgan fingerprint density at radius 2 is 1.81 bits per heavy atom. The third-order valence-electron chi connectivity index (χ3n) is 5.40. The highest BCUT2D eigenvalue weighted by molar-refractivity contribution is 5.89. The minimum absolute atomic E-state index is 0.175. The van der Waals surface area contributed by atoms with Crippen molar-refractivity contribution < 1.29 is 24.5 Å². The van der Waals surface area contributed by atoms with Crippen molar-refractivity contribution in [2.24, 2.45) is 0 Å². The van der Waals surface area contributed by atoms with Crippen LogP contribution in [0.25, 0.3) is 0 Å². The van der Waals surface area contributed by atoms with Crippen LogP contribution in [0, 0.1) is 0 Å². The molecule has 2 aromatic carbocycles. The van der Waals surface area contributed by atoms with Gasteiger partial charge in [0.25, 0.3) is 0 Å². The lowest BCUT2D eigenvalue weighted by Crippen LogP contribution is -2.46. The van der Waals surface area contributed by atoms with E-state index >= 15 is 0 Å². The van der Waals surface area contributed by atoms with E-state index in [1.54, 1.807) is 43.3 Å². The molecule has 1 atom stereocenters. The summed E-state index contributed by atoms with van der Waals surface area (Å²) in [5.41, 5.74) is 1.62. The average Bonchev–Trinajstić information content (AvgIpc) is 2.79. The summed E-state index contributed by atoms with van der Waals surface area (Å²) in [7, 11) is 0. The predicted molar refractivity (Wildman–Crippen MR) is 118 cm³/mol. The van der Waals surface area contributed by atoms with E-state index in [0.717, 1.165) is 31.5 Å². The van der Waals surface area contributed by atoms with Gasteiger partial charge in [-0.05, 0) is 74.8 Å². The molecule has 1 aliphatic heterocycles. The van der Waals surface area contributed by atoms with Crippen LogP contribution in [0.4, 0.5) is 0 Å². The Morgan fingerprint density at radius 3 is 2.45 bits per heavy atom. The highest BCUT2D eigenvalue weighted by atomic mass is 16.5. The molecule has 3 N–H and O–H groups in total. The second-order valence-electron chi connectivity index (χ2n) is 7.79. The molecule has 1 saturated heterocycles. The minimum atomic E-state index is -0.650. The van der Waals surface area contributed by atoms with E-state index in [2.05, 4.69) is 10.2 Å². The van der Waals surface area contributed by atoms with Gasteiger partial charge in [-0.2, -0.15) is 0 Å². The fraction of sp³-hybridized carbons (Fsp3) is 0.458. The molecule has 1 aliphatic rings. The van der Waals surface area contributed by atoms with Gasteiger partial charge in [-0.15, -0.1) is 0 Å². The maximum atomic E-state index is 11.9. The van der Waals surface area contributed by atoms with Gasteiger partial charge in [0.2, 0.25) is 0 Å². The quantitative estimate of drug-likeness (QED) is 0.501. The zero-order chi connectivity index (χ0) is 22.1. The Bertz CT molecular complexity index is 804. The van der Waals surface area contributed by atoms with Crippen LogP contribution in [-0.4, -0.2) is 66.1 Å². The lowest BCUT2D eigenvalue weighted by Gasteiger charge is -2.36.